The quantitative estimate of drug-likeness (QED) is 0.358. The van der Waals surface area contributed by atoms with E-state index in [1.807, 2.05) is 22.6 Å². The Hall–Kier alpha value is -1.57. The lowest BCUT2D eigenvalue weighted by Gasteiger charge is -2.09. The summed E-state index contributed by atoms with van der Waals surface area (Å²) in [5.74, 6) is -0.892. The van der Waals surface area contributed by atoms with E-state index in [4.69, 9.17) is 14.6 Å². The third-order valence-electron chi connectivity index (χ3n) is 2.10. The van der Waals surface area contributed by atoms with Gasteiger partial charge in [-0.3, -0.25) is 0 Å². The number of aromatic carboxylic acids is 1. The monoisotopic (exact) mass is 376 g/mol. The van der Waals surface area contributed by atoms with E-state index in [0.29, 0.717) is 14.9 Å². The van der Waals surface area contributed by atoms with Gasteiger partial charge in [0.15, 0.2) is 0 Å². The molecule has 0 aromatic heterocycles. The molecule has 0 aliphatic carbocycles. The molecule has 19 heavy (non-hydrogen) atoms. The van der Waals surface area contributed by atoms with Crippen molar-refractivity contribution in [2.45, 2.75) is 6.92 Å². The summed E-state index contributed by atoms with van der Waals surface area (Å²) >= 11 is 1.98. The summed E-state index contributed by atoms with van der Waals surface area (Å²) in [6.45, 7) is 5.34. The lowest BCUT2D eigenvalue weighted by atomic mass is 10.2. The molecule has 0 aliphatic rings. The van der Waals surface area contributed by atoms with Crippen LogP contribution in [0, 0.1) is 3.57 Å². The first-order valence-corrected chi connectivity index (χ1v) is 6.48. The number of ether oxygens (including phenoxy) is 2. The third kappa shape index (κ3) is 4.90. The van der Waals surface area contributed by atoms with Crippen LogP contribution in [0.5, 0.6) is 5.75 Å². The number of carbonyl (C=O) groups excluding carboxylic acids is 1. The zero-order valence-electron chi connectivity index (χ0n) is 10.3. The maximum atomic E-state index is 11.1. The molecular formula is C13H13IO5. The van der Waals surface area contributed by atoms with Crippen LogP contribution in [0.3, 0.4) is 0 Å². The predicted octanol–water partition coefficient (Wildman–Crippen LogP) is 2.49. The van der Waals surface area contributed by atoms with E-state index in [9.17, 15) is 9.59 Å². The maximum absolute atomic E-state index is 11.1. The van der Waals surface area contributed by atoms with Gasteiger partial charge in [-0.05, 0) is 47.7 Å². The Morgan fingerprint density at radius 1 is 1.37 bits per heavy atom. The van der Waals surface area contributed by atoms with Crippen LogP contribution < -0.4 is 4.74 Å². The molecule has 5 nitrogen and oxygen atoms in total. The summed E-state index contributed by atoms with van der Waals surface area (Å²) in [5, 5.41) is 8.82. The molecule has 0 radical (unpaired) electrons. The summed E-state index contributed by atoms with van der Waals surface area (Å²) in [7, 11) is 0. The smallest absolute Gasteiger partial charge is 0.335 e. The highest BCUT2D eigenvalue weighted by atomic mass is 127. The summed E-state index contributed by atoms with van der Waals surface area (Å²) < 4.78 is 10.9. The average Bonchev–Trinajstić information content (AvgIpc) is 2.35. The van der Waals surface area contributed by atoms with Gasteiger partial charge in [-0.1, -0.05) is 6.58 Å². The van der Waals surface area contributed by atoms with Gasteiger partial charge in [0.05, 0.1) is 9.13 Å². The molecule has 0 bridgehead atoms. The Morgan fingerprint density at radius 3 is 2.58 bits per heavy atom. The number of carbonyl (C=O) groups is 2. The molecule has 1 aromatic rings. The van der Waals surface area contributed by atoms with Crippen molar-refractivity contribution in [2.75, 3.05) is 13.2 Å². The Balaban J connectivity index is 2.48. The maximum Gasteiger partial charge on any atom is 0.335 e. The Bertz CT molecular complexity index is 510. The Morgan fingerprint density at radius 2 is 2.05 bits per heavy atom. The predicted molar refractivity (Wildman–Crippen MR) is 77.4 cm³/mol. The minimum atomic E-state index is -0.986. The van der Waals surface area contributed by atoms with Crippen molar-refractivity contribution < 1.29 is 24.2 Å². The van der Waals surface area contributed by atoms with Gasteiger partial charge in [0.25, 0.3) is 0 Å². The number of hydrogen-bond donors (Lipinski definition) is 1. The standard InChI is InChI=1S/C13H13IO5/c1-8(2)13(17)19-6-5-18-11-4-3-9(12(15)16)7-10(11)14/h3-4,7H,1,5-6H2,2H3,(H,15,16). The van der Waals surface area contributed by atoms with E-state index >= 15 is 0 Å². The fourth-order valence-electron chi connectivity index (χ4n) is 1.16. The summed E-state index contributed by atoms with van der Waals surface area (Å²) in [4.78, 5) is 21.9. The lowest BCUT2D eigenvalue weighted by molar-refractivity contribution is -0.139. The van der Waals surface area contributed by atoms with Crippen molar-refractivity contribution in [1.82, 2.24) is 0 Å². The molecule has 0 saturated heterocycles. The lowest BCUT2D eigenvalue weighted by Crippen LogP contribution is -2.12. The largest absolute Gasteiger partial charge is 0.489 e. The second kappa shape index (κ2) is 7.13. The minimum Gasteiger partial charge on any atom is -0.489 e. The molecule has 0 amide bonds. The SMILES string of the molecule is C=C(C)C(=O)OCCOc1ccc(C(=O)O)cc1I. The van der Waals surface area contributed by atoms with Crippen LogP contribution in [-0.2, 0) is 9.53 Å². The van der Waals surface area contributed by atoms with Crippen molar-refractivity contribution in [3.8, 4) is 5.75 Å². The number of esters is 1. The molecule has 1 aromatic carbocycles. The number of carboxylic acids is 1. The van der Waals surface area contributed by atoms with Crippen molar-refractivity contribution >= 4 is 34.5 Å². The first-order chi connectivity index (χ1) is 8.91. The summed E-state index contributed by atoms with van der Waals surface area (Å²) in [6.07, 6.45) is 0. The van der Waals surface area contributed by atoms with Crippen LogP contribution in [-0.4, -0.2) is 30.3 Å². The summed E-state index contributed by atoms with van der Waals surface area (Å²) in [5.41, 5.74) is 0.533. The van der Waals surface area contributed by atoms with Gasteiger partial charge in [0.1, 0.15) is 19.0 Å². The van der Waals surface area contributed by atoms with Crippen molar-refractivity contribution in [2.24, 2.45) is 0 Å². The highest BCUT2D eigenvalue weighted by molar-refractivity contribution is 14.1. The molecule has 0 unspecified atom stereocenters. The van der Waals surface area contributed by atoms with Crippen LogP contribution >= 0.6 is 22.6 Å². The van der Waals surface area contributed by atoms with E-state index in [-0.39, 0.29) is 18.8 Å². The van der Waals surface area contributed by atoms with E-state index in [1.165, 1.54) is 12.1 Å². The molecule has 1 N–H and O–H groups in total. The van der Waals surface area contributed by atoms with Gasteiger partial charge in [-0.2, -0.15) is 0 Å². The molecule has 0 spiro atoms. The normalized spacial score (nSPS) is 9.79. The molecule has 102 valence electrons. The van der Waals surface area contributed by atoms with Crippen LogP contribution in [0.2, 0.25) is 0 Å². The van der Waals surface area contributed by atoms with Crippen LogP contribution in [0.15, 0.2) is 30.4 Å². The van der Waals surface area contributed by atoms with E-state index in [1.54, 1.807) is 13.0 Å². The van der Waals surface area contributed by atoms with E-state index < -0.39 is 11.9 Å². The second-order valence-corrected chi connectivity index (χ2v) is 4.88. The number of rotatable bonds is 6. The highest BCUT2D eigenvalue weighted by Crippen LogP contribution is 2.22. The van der Waals surface area contributed by atoms with Gasteiger partial charge < -0.3 is 14.6 Å². The van der Waals surface area contributed by atoms with Crippen molar-refractivity contribution in [1.29, 1.82) is 0 Å². The van der Waals surface area contributed by atoms with Crippen LogP contribution in [0.4, 0.5) is 0 Å². The van der Waals surface area contributed by atoms with Gasteiger partial charge in [-0.25, -0.2) is 9.59 Å². The minimum absolute atomic E-state index is 0.114. The molecule has 0 heterocycles. The number of carboxylic acid groups (broad SMARTS) is 1. The van der Waals surface area contributed by atoms with Crippen LogP contribution in [0.25, 0.3) is 0 Å². The fourth-order valence-corrected chi connectivity index (χ4v) is 1.83. The van der Waals surface area contributed by atoms with Crippen LogP contribution in [0.1, 0.15) is 17.3 Å². The first kappa shape index (κ1) is 15.5. The average molecular weight is 376 g/mol. The number of benzene rings is 1. The van der Waals surface area contributed by atoms with Crippen molar-refractivity contribution in [3.05, 3.63) is 39.5 Å². The van der Waals surface area contributed by atoms with E-state index in [2.05, 4.69) is 6.58 Å². The zero-order chi connectivity index (χ0) is 14.4. The molecule has 0 aliphatic heterocycles. The third-order valence-corrected chi connectivity index (χ3v) is 2.94. The topological polar surface area (TPSA) is 72.8 Å². The molecule has 0 saturated carbocycles. The zero-order valence-corrected chi connectivity index (χ0v) is 12.5. The second-order valence-electron chi connectivity index (χ2n) is 3.72. The first-order valence-electron chi connectivity index (χ1n) is 5.40. The molecule has 0 atom stereocenters. The highest BCUT2D eigenvalue weighted by Gasteiger charge is 2.08. The molecule has 1 rings (SSSR count). The molecule has 6 heteroatoms. The Kier molecular flexibility index (Phi) is 5.81. The van der Waals surface area contributed by atoms with Crippen molar-refractivity contribution in [3.63, 3.8) is 0 Å². The number of hydrogen-bond acceptors (Lipinski definition) is 4. The number of halogens is 1. The Labute approximate surface area is 124 Å². The van der Waals surface area contributed by atoms with E-state index in [0.717, 1.165) is 0 Å². The summed E-state index contributed by atoms with van der Waals surface area (Å²) in [6, 6.07) is 4.55. The van der Waals surface area contributed by atoms with Gasteiger partial charge >= 0.3 is 11.9 Å². The fraction of sp³-hybridized carbons (Fsp3) is 0.231. The van der Waals surface area contributed by atoms with Gasteiger partial charge in [-0.15, -0.1) is 0 Å². The molecule has 0 fully saturated rings. The van der Waals surface area contributed by atoms with Gasteiger partial charge in [0.2, 0.25) is 0 Å². The molecular weight excluding hydrogens is 363 g/mol. The van der Waals surface area contributed by atoms with Gasteiger partial charge in [0, 0.05) is 5.57 Å².